The van der Waals surface area contributed by atoms with Gasteiger partial charge in [-0.25, -0.2) is 43.9 Å². The minimum atomic E-state index is -2.31. The number of benzene rings is 2. The van der Waals surface area contributed by atoms with Crippen LogP contribution in [0.5, 0.6) is 0 Å². The molecule has 0 aliphatic rings. The van der Waals surface area contributed by atoms with Crippen LogP contribution >= 0.6 is 0 Å². The minimum Gasteiger partial charge on any atom is -0.316 e. The first-order valence-electron chi connectivity index (χ1n) is 7.30. The summed E-state index contributed by atoms with van der Waals surface area (Å²) in [4.78, 5) is 0. The standard InChI is InChI=1S/C16H9F10N/c17-7-5(8(18)12(22)15(25)11(7)21)1-3-27-4-2-6-9(19)13(23)16(26)14(24)10(6)20/h27H,1-4H2. The number of hydrogen-bond donors (Lipinski definition) is 1. The van der Waals surface area contributed by atoms with Gasteiger partial charge in [0.25, 0.3) is 0 Å². The molecular formula is C16H9F10N. The van der Waals surface area contributed by atoms with Crippen molar-refractivity contribution in [3.63, 3.8) is 0 Å². The summed E-state index contributed by atoms with van der Waals surface area (Å²) in [6, 6.07) is 0. The Labute approximate surface area is 145 Å². The molecule has 11 heteroatoms. The van der Waals surface area contributed by atoms with Crippen molar-refractivity contribution < 1.29 is 43.9 Å². The second kappa shape index (κ2) is 8.15. The van der Waals surface area contributed by atoms with Crippen LogP contribution in [-0.2, 0) is 12.8 Å². The van der Waals surface area contributed by atoms with Gasteiger partial charge in [0.05, 0.1) is 0 Å². The van der Waals surface area contributed by atoms with Crippen LogP contribution in [0.2, 0.25) is 0 Å². The van der Waals surface area contributed by atoms with E-state index in [1.165, 1.54) is 0 Å². The summed E-state index contributed by atoms with van der Waals surface area (Å²) in [5.41, 5.74) is -2.20. The van der Waals surface area contributed by atoms with E-state index in [2.05, 4.69) is 5.32 Å². The molecule has 0 atom stereocenters. The lowest BCUT2D eigenvalue weighted by atomic mass is 10.1. The summed E-state index contributed by atoms with van der Waals surface area (Å²) in [6.07, 6.45) is -1.36. The monoisotopic (exact) mass is 405 g/mol. The van der Waals surface area contributed by atoms with Crippen LogP contribution in [0.25, 0.3) is 0 Å². The Balaban J connectivity index is 2.02. The van der Waals surface area contributed by atoms with Gasteiger partial charge in [-0.05, 0) is 25.9 Å². The van der Waals surface area contributed by atoms with E-state index in [1.807, 2.05) is 0 Å². The zero-order valence-corrected chi connectivity index (χ0v) is 13.1. The smallest absolute Gasteiger partial charge is 0.200 e. The van der Waals surface area contributed by atoms with Gasteiger partial charge in [0.1, 0.15) is 0 Å². The van der Waals surface area contributed by atoms with Crippen molar-refractivity contribution in [3.05, 3.63) is 69.3 Å². The van der Waals surface area contributed by atoms with E-state index < -0.39 is 95.2 Å². The average Bonchev–Trinajstić information content (AvgIpc) is 2.66. The van der Waals surface area contributed by atoms with Gasteiger partial charge >= 0.3 is 0 Å². The van der Waals surface area contributed by atoms with Gasteiger partial charge in [0.15, 0.2) is 46.5 Å². The molecule has 2 aromatic rings. The zero-order chi connectivity index (χ0) is 20.5. The second-order valence-electron chi connectivity index (χ2n) is 5.35. The van der Waals surface area contributed by atoms with Crippen LogP contribution < -0.4 is 5.32 Å². The number of halogens is 10. The molecule has 0 saturated carbocycles. The Bertz CT molecular complexity index is 751. The van der Waals surface area contributed by atoms with Gasteiger partial charge in [-0.15, -0.1) is 0 Å². The SMILES string of the molecule is Fc1c(F)c(F)c(CCNCCc2c(F)c(F)c(F)c(F)c2F)c(F)c1F. The third-order valence-corrected chi connectivity index (χ3v) is 3.70. The van der Waals surface area contributed by atoms with Crippen molar-refractivity contribution in [2.75, 3.05) is 13.1 Å². The fourth-order valence-corrected chi connectivity index (χ4v) is 2.29. The van der Waals surface area contributed by atoms with E-state index in [1.54, 1.807) is 0 Å². The highest BCUT2D eigenvalue weighted by atomic mass is 19.2. The van der Waals surface area contributed by atoms with Crippen molar-refractivity contribution in [1.29, 1.82) is 0 Å². The number of rotatable bonds is 6. The Kier molecular flexibility index (Phi) is 6.34. The van der Waals surface area contributed by atoms with Crippen LogP contribution in [0.15, 0.2) is 0 Å². The zero-order valence-electron chi connectivity index (χ0n) is 13.1. The van der Waals surface area contributed by atoms with Crippen LogP contribution in [0.1, 0.15) is 11.1 Å². The maximum atomic E-state index is 13.4. The third kappa shape index (κ3) is 3.87. The van der Waals surface area contributed by atoms with Crippen LogP contribution in [-0.4, -0.2) is 13.1 Å². The fourth-order valence-electron chi connectivity index (χ4n) is 2.29. The van der Waals surface area contributed by atoms with Gasteiger partial charge in [-0.2, -0.15) is 0 Å². The largest absolute Gasteiger partial charge is 0.316 e. The fraction of sp³-hybridized carbons (Fsp3) is 0.250. The molecule has 0 aromatic heterocycles. The molecule has 1 N–H and O–H groups in total. The highest BCUT2D eigenvalue weighted by molar-refractivity contribution is 5.25. The van der Waals surface area contributed by atoms with Crippen molar-refractivity contribution in [3.8, 4) is 0 Å². The first kappa shape index (κ1) is 21.0. The summed E-state index contributed by atoms with van der Waals surface area (Å²) in [5, 5.41) is 2.35. The van der Waals surface area contributed by atoms with E-state index in [0.717, 1.165) is 0 Å². The van der Waals surface area contributed by atoms with Crippen LogP contribution in [0, 0.1) is 58.2 Å². The summed E-state index contributed by atoms with van der Waals surface area (Å²) in [6.45, 7) is -0.790. The van der Waals surface area contributed by atoms with Gasteiger partial charge in [0, 0.05) is 11.1 Å². The van der Waals surface area contributed by atoms with E-state index in [0.29, 0.717) is 0 Å². The molecular weight excluding hydrogens is 396 g/mol. The lowest BCUT2D eigenvalue weighted by Crippen LogP contribution is -2.23. The molecule has 148 valence electrons. The van der Waals surface area contributed by atoms with Crippen molar-refractivity contribution >= 4 is 0 Å². The molecule has 0 aliphatic carbocycles. The molecule has 0 fully saturated rings. The molecule has 2 rings (SSSR count). The predicted octanol–water partition coefficient (Wildman–Crippen LogP) is 4.45. The number of hydrogen-bond acceptors (Lipinski definition) is 1. The molecule has 27 heavy (non-hydrogen) atoms. The minimum absolute atomic E-state index is 0.395. The number of nitrogens with one attached hydrogen (secondary N) is 1. The molecule has 0 spiro atoms. The predicted molar refractivity (Wildman–Crippen MR) is 72.7 cm³/mol. The summed E-state index contributed by atoms with van der Waals surface area (Å²) in [5.74, 6) is -21.2. The van der Waals surface area contributed by atoms with Crippen molar-refractivity contribution in [2.45, 2.75) is 12.8 Å². The Morgan fingerprint density at radius 3 is 0.852 bits per heavy atom. The topological polar surface area (TPSA) is 12.0 Å². The highest BCUT2D eigenvalue weighted by Gasteiger charge is 2.26. The molecule has 0 saturated heterocycles. The lowest BCUT2D eigenvalue weighted by Gasteiger charge is -2.10. The van der Waals surface area contributed by atoms with Gasteiger partial charge in [-0.1, -0.05) is 0 Å². The molecule has 0 unspecified atom stereocenters. The van der Waals surface area contributed by atoms with Gasteiger partial charge < -0.3 is 5.32 Å². The first-order chi connectivity index (χ1) is 12.6. The Morgan fingerprint density at radius 1 is 0.370 bits per heavy atom. The molecule has 0 heterocycles. The van der Waals surface area contributed by atoms with Crippen molar-refractivity contribution in [1.82, 2.24) is 5.32 Å². The normalized spacial score (nSPS) is 11.3. The van der Waals surface area contributed by atoms with E-state index in [4.69, 9.17) is 0 Å². The second-order valence-corrected chi connectivity index (χ2v) is 5.35. The van der Waals surface area contributed by atoms with Gasteiger partial charge in [0.2, 0.25) is 11.6 Å². The summed E-state index contributed by atoms with van der Waals surface area (Å²) >= 11 is 0. The Hall–Kier alpha value is -2.30. The lowest BCUT2D eigenvalue weighted by molar-refractivity contribution is 0.367. The summed E-state index contributed by atoms with van der Waals surface area (Å²) in [7, 11) is 0. The third-order valence-electron chi connectivity index (χ3n) is 3.70. The molecule has 0 radical (unpaired) electrons. The maximum Gasteiger partial charge on any atom is 0.200 e. The molecule has 2 aromatic carbocycles. The first-order valence-corrected chi connectivity index (χ1v) is 7.30. The Morgan fingerprint density at radius 2 is 0.593 bits per heavy atom. The van der Waals surface area contributed by atoms with Crippen LogP contribution in [0.3, 0.4) is 0 Å². The maximum absolute atomic E-state index is 13.4. The van der Waals surface area contributed by atoms with E-state index >= 15 is 0 Å². The van der Waals surface area contributed by atoms with Gasteiger partial charge in [-0.3, -0.25) is 0 Å². The van der Waals surface area contributed by atoms with Crippen LogP contribution in [0.4, 0.5) is 43.9 Å². The average molecular weight is 405 g/mol. The molecule has 0 bridgehead atoms. The summed E-state index contributed by atoms with van der Waals surface area (Å²) < 4.78 is 132. The quantitative estimate of drug-likeness (QED) is 0.324. The molecule has 0 amide bonds. The molecule has 1 nitrogen and oxygen atoms in total. The van der Waals surface area contributed by atoms with E-state index in [9.17, 15) is 43.9 Å². The highest BCUT2D eigenvalue weighted by Crippen LogP contribution is 2.24. The molecule has 0 aliphatic heterocycles. The van der Waals surface area contributed by atoms with Crippen molar-refractivity contribution in [2.24, 2.45) is 0 Å². The van der Waals surface area contributed by atoms with E-state index in [-0.39, 0.29) is 0 Å².